The van der Waals surface area contributed by atoms with Gasteiger partial charge in [0.1, 0.15) is 5.82 Å². The Labute approximate surface area is 226 Å². The number of rotatable bonds is 6. The third-order valence-electron chi connectivity index (χ3n) is 6.59. The standard InChI is InChI=1S/C25H24N8O3S2/c1-25(2)9-18-22(19(34)10-25)21(20-7-14(12-37-20)13-38-24-28-29-30-31(24)3)17(11-26)23(27)32(18)15-5-4-6-16(8-15)33(35)36/h4-8,12,21H,9-10,13,27H2,1-3H3/t21-/m0/s1. The van der Waals surface area contributed by atoms with Crippen LogP contribution in [0.1, 0.15) is 43.0 Å². The van der Waals surface area contributed by atoms with Crippen LogP contribution >= 0.6 is 23.1 Å². The summed E-state index contributed by atoms with van der Waals surface area (Å²) in [7, 11) is 1.77. The molecule has 11 nitrogen and oxygen atoms in total. The third kappa shape index (κ3) is 4.57. The second kappa shape index (κ2) is 9.70. The molecule has 0 saturated heterocycles. The van der Waals surface area contributed by atoms with E-state index in [4.69, 9.17) is 5.73 Å². The number of tetrazole rings is 1. The number of Topliss-reactive ketones (excluding diaryl/α,β-unsaturated/α-hetero) is 1. The van der Waals surface area contributed by atoms with Gasteiger partial charge in [-0.15, -0.1) is 16.4 Å². The van der Waals surface area contributed by atoms with E-state index in [2.05, 4.69) is 21.6 Å². The first-order valence-corrected chi connectivity index (χ1v) is 13.6. The molecule has 0 spiro atoms. The van der Waals surface area contributed by atoms with Gasteiger partial charge < -0.3 is 5.73 Å². The van der Waals surface area contributed by atoms with Crippen LogP contribution in [0.15, 0.2) is 63.5 Å². The van der Waals surface area contributed by atoms with E-state index >= 15 is 0 Å². The Hall–Kier alpha value is -4.02. The summed E-state index contributed by atoms with van der Waals surface area (Å²) in [5.41, 5.74) is 9.13. The summed E-state index contributed by atoms with van der Waals surface area (Å²) in [4.78, 5) is 27.2. The zero-order valence-electron chi connectivity index (χ0n) is 20.9. The van der Waals surface area contributed by atoms with Gasteiger partial charge in [-0.05, 0) is 45.3 Å². The number of thioether (sulfide) groups is 1. The zero-order valence-corrected chi connectivity index (χ0v) is 22.5. The second-order valence-electron chi connectivity index (χ2n) is 9.99. The van der Waals surface area contributed by atoms with Gasteiger partial charge in [-0.25, -0.2) is 4.68 Å². The molecule has 0 bridgehead atoms. The normalized spacial score (nSPS) is 18.9. The Morgan fingerprint density at radius 1 is 1.34 bits per heavy atom. The van der Waals surface area contributed by atoms with Crippen LogP contribution in [-0.2, 0) is 17.6 Å². The molecule has 13 heteroatoms. The number of nitriles is 1. The molecule has 0 saturated carbocycles. The molecular formula is C25H24N8O3S2. The number of anilines is 1. The summed E-state index contributed by atoms with van der Waals surface area (Å²) < 4.78 is 1.60. The average molecular weight is 549 g/mol. The minimum Gasteiger partial charge on any atom is -0.384 e. The van der Waals surface area contributed by atoms with Gasteiger partial charge in [0.05, 0.1) is 28.2 Å². The Balaban J connectivity index is 1.60. The number of ketones is 1. The van der Waals surface area contributed by atoms with Gasteiger partial charge in [0.25, 0.3) is 5.69 Å². The van der Waals surface area contributed by atoms with E-state index in [0.29, 0.717) is 40.7 Å². The predicted molar refractivity (Wildman–Crippen MR) is 143 cm³/mol. The van der Waals surface area contributed by atoms with Crippen molar-refractivity contribution in [2.24, 2.45) is 18.2 Å². The lowest BCUT2D eigenvalue weighted by molar-refractivity contribution is -0.384. The SMILES string of the molecule is Cn1nnnc1SCc1csc([C@@H]2C(C#N)=C(N)N(c3cccc([N+](=O)[O-])c3)C3=C2C(=O)CC(C)(C)C3)c1. The van der Waals surface area contributed by atoms with Gasteiger partial charge in [-0.1, -0.05) is 31.7 Å². The minimum atomic E-state index is -0.603. The molecule has 2 aromatic heterocycles. The number of nitro benzene ring substituents is 1. The first-order valence-electron chi connectivity index (χ1n) is 11.7. The molecular weight excluding hydrogens is 524 g/mol. The van der Waals surface area contributed by atoms with Gasteiger partial charge in [0, 0.05) is 47.5 Å². The van der Waals surface area contributed by atoms with Gasteiger partial charge in [0.2, 0.25) is 5.16 Å². The van der Waals surface area contributed by atoms with Crippen LogP contribution in [0.5, 0.6) is 0 Å². The number of allylic oxidation sites excluding steroid dienone is 3. The number of benzene rings is 1. The zero-order chi connectivity index (χ0) is 27.2. The molecule has 2 aliphatic rings. The smallest absolute Gasteiger partial charge is 0.271 e. The van der Waals surface area contributed by atoms with Crippen molar-refractivity contribution in [3.05, 3.63) is 78.9 Å². The Bertz CT molecular complexity index is 1560. The summed E-state index contributed by atoms with van der Waals surface area (Å²) in [6.07, 6.45) is 0.858. The van der Waals surface area contributed by atoms with Crippen molar-refractivity contribution in [1.29, 1.82) is 5.26 Å². The molecule has 0 amide bonds. The van der Waals surface area contributed by atoms with Crippen LogP contribution in [0.25, 0.3) is 0 Å². The number of thiophene rings is 1. The molecule has 3 aromatic rings. The van der Waals surface area contributed by atoms with Crippen molar-refractivity contribution in [3.8, 4) is 6.07 Å². The molecule has 1 aromatic carbocycles. The molecule has 1 aliphatic carbocycles. The molecule has 38 heavy (non-hydrogen) atoms. The maximum atomic E-state index is 13.7. The van der Waals surface area contributed by atoms with Crippen molar-refractivity contribution in [2.75, 3.05) is 4.90 Å². The number of nitrogens with zero attached hydrogens (tertiary/aromatic N) is 7. The average Bonchev–Trinajstić information content (AvgIpc) is 3.50. The number of nitrogens with two attached hydrogens (primary N) is 1. The number of aryl methyl sites for hydroxylation is 1. The first kappa shape index (κ1) is 25.6. The van der Waals surface area contributed by atoms with Crippen LogP contribution in [-0.4, -0.2) is 30.9 Å². The summed E-state index contributed by atoms with van der Waals surface area (Å²) in [6.45, 7) is 4.02. The molecule has 1 atom stereocenters. The molecule has 1 aliphatic heterocycles. The fraction of sp³-hybridized carbons (Fsp3) is 0.320. The topological polar surface area (TPSA) is 157 Å². The number of aromatic nitrogens is 4. The molecule has 0 radical (unpaired) electrons. The fourth-order valence-electron chi connectivity index (χ4n) is 4.95. The van der Waals surface area contributed by atoms with Gasteiger partial charge in [-0.3, -0.25) is 19.8 Å². The van der Waals surface area contributed by atoms with E-state index in [1.165, 1.54) is 35.2 Å². The Morgan fingerprint density at radius 3 is 2.82 bits per heavy atom. The van der Waals surface area contributed by atoms with Crippen molar-refractivity contribution in [2.45, 2.75) is 43.5 Å². The predicted octanol–water partition coefficient (Wildman–Crippen LogP) is 4.41. The van der Waals surface area contributed by atoms with E-state index < -0.39 is 10.8 Å². The third-order valence-corrected chi connectivity index (χ3v) is 8.72. The number of carbonyl (C=O) groups is 1. The van der Waals surface area contributed by atoms with E-state index in [-0.39, 0.29) is 28.3 Å². The van der Waals surface area contributed by atoms with Crippen LogP contribution in [0.2, 0.25) is 0 Å². The summed E-state index contributed by atoms with van der Waals surface area (Å²) in [6, 6.07) is 10.3. The Morgan fingerprint density at radius 2 is 2.13 bits per heavy atom. The number of non-ortho nitro benzene ring substituents is 1. The minimum absolute atomic E-state index is 0.0496. The quantitative estimate of drug-likeness (QED) is 0.266. The van der Waals surface area contributed by atoms with Crippen molar-refractivity contribution >= 4 is 40.3 Å². The molecule has 0 unspecified atom stereocenters. The molecule has 194 valence electrons. The lowest BCUT2D eigenvalue weighted by Crippen LogP contribution is -2.42. The molecule has 2 N–H and O–H groups in total. The van der Waals surface area contributed by atoms with E-state index in [9.17, 15) is 20.2 Å². The highest BCUT2D eigenvalue weighted by Crippen LogP contribution is 2.51. The van der Waals surface area contributed by atoms with Crippen molar-refractivity contribution in [3.63, 3.8) is 0 Å². The number of nitro groups is 1. The van der Waals surface area contributed by atoms with E-state index in [1.807, 2.05) is 25.3 Å². The van der Waals surface area contributed by atoms with Crippen LogP contribution < -0.4 is 10.6 Å². The highest BCUT2D eigenvalue weighted by Gasteiger charge is 2.45. The summed E-state index contributed by atoms with van der Waals surface area (Å²) >= 11 is 2.96. The van der Waals surface area contributed by atoms with Crippen LogP contribution in [0, 0.1) is 26.9 Å². The molecule has 5 rings (SSSR count). The van der Waals surface area contributed by atoms with Gasteiger partial charge in [-0.2, -0.15) is 5.26 Å². The molecule has 3 heterocycles. The van der Waals surface area contributed by atoms with E-state index in [1.54, 1.807) is 28.8 Å². The number of hydrogen-bond acceptors (Lipinski definition) is 11. The first-order chi connectivity index (χ1) is 18.1. The lowest BCUT2D eigenvalue weighted by Gasteiger charge is -2.43. The van der Waals surface area contributed by atoms with E-state index in [0.717, 1.165) is 10.4 Å². The van der Waals surface area contributed by atoms with Crippen LogP contribution in [0.4, 0.5) is 11.4 Å². The maximum Gasteiger partial charge on any atom is 0.271 e. The van der Waals surface area contributed by atoms with Crippen LogP contribution in [0.3, 0.4) is 0 Å². The van der Waals surface area contributed by atoms with Crippen molar-refractivity contribution < 1.29 is 9.72 Å². The number of carbonyl (C=O) groups excluding carboxylic acids is 1. The van der Waals surface area contributed by atoms with Gasteiger partial charge >= 0.3 is 0 Å². The highest BCUT2D eigenvalue weighted by molar-refractivity contribution is 7.98. The lowest BCUT2D eigenvalue weighted by atomic mass is 9.69. The monoisotopic (exact) mass is 548 g/mol. The molecule has 0 fully saturated rings. The maximum absolute atomic E-state index is 13.7. The summed E-state index contributed by atoms with van der Waals surface area (Å²) in [5.74, 6) is 0.141. The number of hydrogen-bond donors (Lipinski definition) is 1. The Kier molecular flexibility index (Phi) is 6.54. The largest absolute Gasteiger partial charge is 0.384 e. The van der Waals surface area contributed by atoms with Crippen molar-refractivity contribution in [1.82, 2.24) is 20.2 Å². The fourth-order valence-corrected chi connectivity index (χ4v) is 6.86. The second-order valence-corrected chi connectivity index (χ2v) is 11.9. The van der Waals surface area contributed by atoms with Gasteiger partial charge in [0.15, 0.2) is 5.78 Å². The summed E-state index contributed by atoms with van der Waals surface area (Å²) in [5, 5.41) is 35.9. The highest BCUT2D eigenvalue weighted by atomic mass is 32.2.